The number of benzene rings is 2. The summed E-state index contributed by atoms with van der Waals surface area (Å²) >= 11 is 0. The molecule has 2 aliphatic heterocycles. The van der Waals surface area contributed by atoms with Gasteiger partial charge in [-0.3, -0.25) is 4.90 Å². The Labute approximate surface area is 177 Å². The van der Waals surface area contributed by atoms with Crippen molar-refractivity contribution in [2.45, 2.75) is 6.42 Å². The highest BCUT2D eigenvalue weighted by Gasteiger charge is 2.27. The Bertz CT molecular complexity index is 1030. The summed E-state index contributed by atoms with van der Waals surface area (Å²) < 4.78 is 25.2. The van der Waals surface area contributed by atoms with Crippen molar-refractivity contribution in [3.05, 3.63) is 48.5 Å². The van der Waals surface area contributed by atoms with Crippen LogP contribution in [0.25, 0.3) is 0 Å². The highest BCUT2D eigenvalue weighted by Crippen LogP contribution is 2.38. The lowest BCUT2D eigenvalue weighted by molar-refractivity contribution is 0.201. The maximum absolute atomic E-state index is 11.8. The highest BCUT2D eigenvalue weighted by atomic mass is 32.2. The van der Waals surface area contributed by atoms with Crippen LogP contribution in [0.5, 0.6) is 0 Å². The molecular formula is C21H26N4O4S. The molecule has 160 valence electrons. The van der Waals surface area contributed by atoms with Crippen molar-refractivity contribution in [1.82, 2.24) is 4.31 Å². The first kappa shape index (κ1) is 20.5. The van der Waals surface area contributed by atoms with Gasteiger partial charge in [0.25, 0.3) is 0 Å². The fourth-order valence-corrected chi connectivity index (χ4v) is 5.03. The van der Waals surface area contributed by atoms with Gasteiger partial charge in [-0.1, -0.05) is 12.1 Å². The van der Waals surface area contributed by atoms with Crippen LogP contribution in [0.4, 0.5) is 27.5 Å². The van der Waals surface area contributed by atoms with E-state index in [1.165, 1.54) is 11.2 Å². The fourth-order valence-electron chi connectivity index (χ4n) is 4.16. The number of carbonyl (C=O) groups is 1. The molecule has 1 amide bonds. The molecule has 0 aliphatic carbocycles. The lowest BCUT2D eigenvalue weighted by Crippen LogP contribution is -2.41. The van der Waals surface area contributed by atoms with E-state index in [9.17, 15) is 18.3 Å². The number of para-hydroxylation sites is 2. The van der Waals surface area contributed by atoms with Gasteiger partial charge in [-0.2, -0.15) is 0 Å². The Hall–Kier alpha value is -2.78. The normalized spacial score (nSPS) is 18.1. The van der Waals surface area contributed by atoms with Gasteiger partial charge in [-0.15, -0.1) is 0 Å². The van der Waals surface area contributed by atoms with Gasteiger partial charge < -0.3 is 14.9 Å². The van der Waals surface area contributed by atoms with Crippen LogP contribution in [0.2, 0.25) is 0 Å². The zero-order valence-corrected chi connectivity index (χ0v) is 17.8. The second-order valence-electron chi connectivity index (χ2n) is 7.59. The SMILES string of the molecule is CS(=O)(=O)N1CCCN(c2ccc(N3CCN(C(=O)O)c4ccccc43)cc2)CC1. The van der Waals surface area contributed by atoms with E-state index in [1.807, 2.05) is 36.4 Å². The topological polar surface area (TPSA) is 84.4 Å². The number of anilines is 4. The van der Waals surface area contributed by atoms with Crippen LogP contribution in [-0.2, 0) is 10.0 Å². The molecule has 0 atom stereocenters. The molecule has 2 heterocycles. The molecule has 8 nitrogen and oxygen atoms in total. The summed E-state index contributed by atoms with van der Waals surface area (Å²) in [6, 6.07) is 15.7. The van der Waals surface area contributed by atoms with E-state index < -0.39 is 16.1 Å². The minimum absolute atomic E-state index is 0.404. The van der Waals surface area contributed by atoms with E-state index in [0.29, 0.717) is 38.4 Å². The minimum Gasteiger partial charge on any atom is -0.465 e. The van der Waals surface area contributed by atoms with E-state index in [4.69, 9.17) is 0 Å². The van der Waals surface area contributed by atoms with Crippen molar-refractivity contribution in [2.75, 3.05) is 60.2 Å². The smallest absolute Gasteiger partial charge is 0.411 e. The third kappa shape index (κ3) is 4.08. The van der Waals surface area contributed by atoms with E-state index in [2.05, 4.69) is 21.9 Å². The van der Waals surface area contributed by atoms with Gasteiger partial charge in [-0.05, 0) is 42.8 Å². The average molecular weight is 431 g/mol. The van der Waals surface area contributed by atoms with Gasteiger partial charge in [-0.25, -0.2) is 17.5 Å². The average Bonchev–Trinajstić information content (AvgIpc) is 2.99. The largest absolute Gasteiger partial charge is 0.465 e. The van der Waals surface area contributed by atoms with Crippen molar-refractivity contribution in [3.8, 4) is 0 Å². The standard InChI is InChI=1S/C21H26N4O4S/c1-30(28,29)23-12-4-11-22(13-14-23)17-7-9-18(10-8-17)24-15-16-25(21(26)27)20-6-3-2-5-19(20)24/h2-3,5-10H,4,11-16H2,1H3,(H,26,27). The van der Waals surface area contributed by atoms with Gasteiger partial charge in [0.15, 0.2) is 0 Å². The van der Waals surface area contributed by atoms with Crippen LogP contribution >= 0.6 is 0 Å². The number of hydrogen-bond donors (Lipinski definition) is 1. The summed E-state index contributed by atoms with van der Waals surface area (Å²) in [5.41, 5.74) is 3.63. The summed E-state index contributed by atoms with van der Waals surface area (Å²) in [6.07, 6.45) is 1.11. The number of hydrogen-bond acceptors (Lipinski definition) is 5. The Morgan fingerprint density at radius 2 is 1.50 bits per heavy atom. The first-order chi connectivity index (χ1) is 14.3. The molecule has 0 unspecified atom stereocenters. The van der Waals surface area contributed by atoms with Gasteiger partial charge in [0.2, 0.25) is 10.0 Å². The third-order valence-corrected chi connectivity index (χ3v) is 7.00. The van der Waals surface area contributed by atoms with Crippen LogP contribution in [-0.4, -0.2) is 69.4 Å². The van der Waals surface area contributed by atoms with E-state index >= 15 is 0 Å². The van der Waals surface area contributed by atoms with Gasteiger partial charge in [0.1, 0.15) is 0 Å². The molecule has 0 saturated carbocycles. The van der Waals surface area contributed by atoms with Crippen molar-refractivity contribution >= 4 is 38.9 Å². The van der Waals surface area contributed by atoms with Crippen molar-refractivity contribution < 1.29 is 18.3 Å². The van der Waals surface area contributed by atoms with E-state index in [-0.39, 0.29) is 0 Å². The quantitative estimate of drug-likeness (QED) is 0.806. The number of fused-ring (bicyclic) bond motifs is 1. The predicted molar refractivity (Wildman–Crippen MR) is 119 cm³/mol. The number of nitrogens with zero attached hydrogens (tertiary/aromatic N) is 4. The summed E-state index contributed by atoms with van der Waals surface area (Å²) in [5, 5.41) is 9.48. The summed E-state index contributed by atoms with van der Waals surface area (Å²) in [4.78, 5) is 17.3. The second-order valence-corrected chi connectivity index (χ2v) is 9.58. The summed E-state index contributed by atoms with van der Waals surface area (Å²) in [7, 11) is -3.16. The molecule has 2 aliphatic rings. The molecule has 30 heavy (non-hydrogen) atoms. The molecule has 4 rings (SSSR count). The fraction of sp³-hybridized carbons (Fsp3) is 0.381. The molecule has 1 saturated heterocycles. The highest BCUT2D eigenvalue weighted by molar-refractivity contribution is 7.88. The molecule has 9 heteroatoms. The van der Waals surface area contributed by atoms with Crippen LogP contribution in [0.3, 0.4) is 0 Å². The number of sulfonamides is 1. The Kier molecular flexibility index (Phi) is 5.57. The first-order valence-electron chi connectivity index (χ1n) is 10.0. The molecular weight excluding hydrogens is 404 g/mol. The minimum atomic E-state index is -3.16. The number of rotatable bonds is 3. The number of carboxylic acid groups (broad SMARTS) is 1. The molecule has 1 N–H and O–H groups in total. The predicted octanol–water partition coefficient (Wildman–Crippen LogP) is 2.79. The van der Waals surface area contributed by atoms with E-state index in [1.54, 1.807) is 4.31 Å². The molecule has 2 aromatic carbocycles. The van der Waals surface area contributed by atoms with Crippen molar-refractivity contribution in [2.24, 2.45) is 0 Å². The molecule has 0 radical (unpaired) electrons. The molecule has 0 aromatic heterocycles. The van der Waals surface area contributed by atoms with Crippen LogP contribution in [0, 0.1) is 0 Å². The van der Waals surface area contributed by atoms with E-state index in [0.717, 1.165) is 30.0 Å². The summed E-state index contributed by atoms with van der Waals surface area (Å²) in [6.45, 7) is 3.50. The van der Waals surface area contributed by atoms with Crippen molar-refractivity contribution in [3.63, 3.8) is 0 Å². The third-order valence-electron chi connectivity index (χ3n) is 5.69. The first-order valence-corrected chi connectivity index (χ1v) is 11.9. The Balaban J connectivity index is 1.53. The van der Waals surface area contributed by atoms with Crippen LogP contribution in [0.15, 0.2) is 48.5 Å². The molecule has 0 bridgehead atoms. The monoisotopic (exact) mass is 430 g/mol. The Morgan fingerprint density at radius 1 is 0.833 bits per heavy atom. The zero-order chi connectivity index (χ0) is 21.3. The lowest BCUT2D eigenvalue weighted by atomic mass is 10.1. The van der Waals surface area contributed by atoms with Crippen LogP contribution in [0.1, 0.15) is 6.42 Å². The molecule has 0 spiro atoms. The number of amides is 1. The Morgan fingerprint density at radius 3 is 2.17 bits per heavy atom. The maximum Gasteiger partial charge on any atom is 0.411 e. The lowest BCUT2D eigenvalue weighted by Gasteiger charge is -2.36. The van der Waals surface area contributed by atoms with Gasteiger partial charge >= 0.3 is 6.09 Å². The zero-order valence-electron chi connectivity index (χ0n) is 16.9. The summed E-state index contributed by atoms with van der Waals surface area (Å²) in [5.74, 6) is 0. The maximum atomic E-state index is 11.8. The second kappa shape index (κ2) is 8.16. The van der Waals surface area contributed by atoms with Crippen LogP contribution < -0.4 is 14.7 Å². The molecule has 2 aromatic rings. The van der Waals surface area contributed by atoms with Gasteiger partial charge in [0.05, 0.1) is 17.6 Å². The van der Waals surface area contributed by atoms with Crippen molar-refractivity contribution in [1.29, 1.82) is 0 Å². The van der Waals surface area contributed by atoms with Gasteiger partial charge in [0, 0.05) is 50.6 Å². The molecule has 1 fully saturated rings.